The molecule has 3 N–H and O–H groups in total. The molecule has 0 aliphatic heterocycles. The lowest BCUT2D eigenvalue weighted by Gasteiger charge is -2.15. The Kier molecular flexibility index (Phi) is 7.47. The Morgan fingerprint density at radius 3 is 1.98 bits per heavy atom. The minimum absolute atomic E-state index is 0.0146. The quantitative estimate of drug-likeness (QED) is 0.219. The summed E-state index contributed by atoms with van der Waals surface area (Å²) in [5.41, 5.74) is 2.38. The first-order valence-electron chi connectivity index (χ1n) is 12.1. The van der Waals surface area contributed by atoms with Gasteiger partial charge in [0.1, 0.15) is 11.5 Å². The Morgan fingerprint density at radius 2 is 1.32 bits per heavy atom. The number of carbonyl (C=O) groups excluding carboxylic acids is 1. The largest absolute Gasteiger partial charge is 0.497 e. The molecule has 0 spiro atoms. The number of amides is 1. The molecular formula is C29H25N5O5S. The molecule has 0 radical (unpaired) electrons. The van der Waals surface area contributed by atoms with Crippen LogP contribution in [0.1, 0.15) is 10.4 Å². The van der Waals surface area contributed by atoms with Gasteiger partial charge in [0.25, 0.3) is 15.9 Å². The van der Waals surface area contributed by atoms with E-state index in [1.54, 1.807) is 78.9 Å². The molecule has 0 saturated heterocycles. The fraction of sp³-hybridized carbons (Fsp3) is 0.0690. The number of hydrogen-bond acceptors (Lipinski definition) is 8. The molecule has 0 aliphatic rings. The average Bonchev–Trinajstić information content (AvgIpc) is 2.97. The van der Waals surface area contributed by atoms with Gasteiger partial charge in [0, 0.05) is 35.1 Å². The molecule has 1 heterocycles. The highest BCUT2D eigenvalue weighted by Crippen LogP contribution is 2.31. The molecule has 0 atom stereocenters. The van der Waals surface area contributed by atoms with Gasteiger partial charge in [-0.3, -0.25) is 9.52 Å². The molecule has 0 saturated carbocycles. The Hall–Kier alpha value is -5.16. The SMILES string of the molecule is COc1cc(Nc2nc3ccccc3nc2NS(=O)(=O)c2cccc(NC(=O)c3ccccc3)c2)cc(OC)c1. The lowest BCUT2D eigenvalue weighted by atomic mass is 10.2. The molecular weight excluding hydrogens is 530 g/mol. The van der Waals surface area contributed by atoms with Gasteiger partial charge in [-0.05, 0) is 42.5 Å². The molecule has 5 rings (SSSR count). The van der Waals surface area contributed by atoms with Gasteiger partial charge in [0.15, 0.2) is 11.6 Å². The highest BCUT2D eigenvalue weighted by molar-refractivity contribution is 7.92. The number of rotatable bonds is 9. The second kappa shape index (κ2) is 11.3. The van der Waals surface area contributed by atoms with Gasteiger partial charge in [-0.25, -0.2) is 18.4 Å². The standard InChI is InChI=1S/C29H25N5O5S/c1-38-22-15-21(16-23(18-22)39-2)30-27-28(33-26-14-7-6-13-25(26)32-27)34-40(36,37)24-12-8-11-20(17-24)31-29(35)19-9-4-3-5-10-19/h3-18H,1-2H3,(H,30,32)(H,31,35)(H,33,34). The molecule has 40 heavy (non-hydrogen) atoms. The summed E-state index contributed by atoms with van der Waals surface area (Å²) in [7, 11) is -1.07. The molecule has 5 aromatic rings. The Morgan fingerprint density at radius 1 is 0.700 bits per heavy atom. The Balaban J connectivity index is 1.48. The number of fused-ring (bicyclic) bond motifs is 1. The maximum atomic E-state index is 13.5. The zero-order valence-electron chi connectivity index (χ0n) is 21.6. The molecule has 0 aliphatic carbocycles. The molecule has 4 aromatic carbocycles. The monoisotopic (exact) mass is 555 g/mol. The predicted molar refractivity (Wildman–Crippen MR) is 154 cm³/mol. The van der Waals surface area contributed by atoms with Crippen LogP contribution in [-0.4, -0.2) is 38.5 Å². The van der Waals surface area contributed by atoms with E-state index in [0.29, 0.717) is 39.5 Å². The van der Waals surface area contributed by atoms with Crippen molar-refractivity contribution >= 4 is 50.0 Å². The summed E-state index contributed by atoms with van der Waals surface area (Å²) in [6.45, 7) is 0. The topological polar surface area (TPSA) is 132 Å². The number of methoxy groups -OCH3 is 2. The maximum Gasteiger partial charge on any atom is 0.263 e. The van der Waals surface area contributed by atoms with Crippen molar-refractivity contribution in [1.29, 1.82) is 0 Å². The molecule has 0 unspecified atom stereocenters. The lowest BCUT2D eigenvalue weighted by Crippen LogP contribution is -2.17. The van der Waals surface area contributed by atoms with Crippen LogP contribution in [0.5, 0.6) is 11.5 Å². The third kappa shape index (κ3) is 5.94. The van der Waals surface area contributed by atoms with E-state index in [4.69, 9.17) is 9.47 Å². The third-order valence-electron chi connectivity index (χ3n) is 5.85. The molecule has 0 bridgehead atoms. The first kappa shape index (κ1) is 26.4. The van der Waals surface area contributed by atoms with Crippen molar-refractivity contribution in [3.63, 3.8) is 0 Å². The second-order valence-corrected chi connectivity index (χ2v) is 10.3. The number of aromatic nitrogens is 2. The summed E-state index contributed by atoms with van der Waals surface area (Å²) in [6.07, 6.45) is 0. The number of hydrogen-bond donors (Lipinski definition) is 3. The minimum atomic E-state index is -4.14. The number of carbonyl (C=O) groups is 1. The van der Waals surface area contributed by atoms with Gasteiger partial charge in [-0.1, -0.05) is 36.4 Å². The van der Waals surface area contributed by atoms with Crippen LogP contribution in [0, 0.1) is 0 Å². The van der Waals surface area contributed by atoms with Gasteiger partial charge in [-0.2, -0.15) is 0 Å². The summed E-state index contributed by atoms with van der Waals surface area (Å²) < 4.78 is 40.2. The number of nitrogens with one attached hydrogen (secondary N) is 3. The number of benzene rings is 4. The zero-order chi connectivity index (χ0) is 28.1. The van der Waals surface area contributed by atoms with Crippen molar-refractivity contribution in [1.82, 2.24) is 9.97 Å². The van der Waals surface area contributed by atoms with Crippen LogP contribution in [0.15, 0.2) is 102 Å². The smallest absolute Gasteiger partial charge is 0.263 e. The van der Waals surface area contributed by atoms with Gasteiger partial charge in [0.05, 0.1) is 30.1 Å². The normalized spacial score (nSPS) is 11.1. The van der Waals surface area contributed by atoms with Gasteiger partial charge < -0.3 is 20.1 Å². The van der Waals surface area contributed by atoms with E-state index < -0.39 is 10.0 Å². The first-order valence-corrected chi connectivity index (χ1v) is 13.6. The van der Waals surface area contributed by atoms with Crippen molar-refractivity contribution in [2.75, 3.05) is 29.6 Å². The van der Waals surface area contributed by atoms with E-state index in [2.05, 4.69) is 25.3 Å². The Bertz CT molecular complexity index is 1770. The van der Waals surface area contributed by atoms with Crippen LogP contribution >= 0.6 is 0 Å². The van der Waals surface area contributed by atoms with Crippen molar-refractivity contribution in [3.05, 3.63) is 103 Å². The predicted octanol–water partition coefficient (Wildman–Crippen LogP) is 5.44. The number of nitrogens with zero attached hydrogens (tertiary/aromatic N) is 2. The van der Waals surface area contributed by atoms with Crippen LogP contribution in [0.4, 0.5) is 23.0 Å². The van der Waals surface area contributed by atoms with E-state index in [0.717, 1.165) is 0 Å². The third-order valence-corrected chi connectivity index (χ3v) is 7.19. The summed E-state index contributed by atoms with van der Waals surface area (Å²) in [5.74, 6) is 0.869. The molecule has 10 nitrogen and oxygen atoms in total. The van der Waals surface area contributed by atoms with E-state index in [9.17, 15) is 13.2 Å². The van der Waals surface area contributed by atoms with E-state index in [1.165, 1.54) is 26.4 Å². The highest BCUT2D eigenvalue weighted by Gasteiger charge is 2.20. The summed E-state index contributed by atoms with van der Waals surface area (Å²) in [4.78, 5) is 21.7. The Labute approximate surface area is 231 Å². The van der Waals surface area contributed by atoms with Crippen molar-refractivity contribution < 1.29 is 22.7 Å². The first-order chi connectivity index (χ1) is 19.3. The average molecular weight is 556 g/mol. The van der Waals surface area contributed by atoms with Crippen LogP contribution in [0.25, 0.3) is 11.0 Å². The van der Waals surface area contributed by atoms with Gasteiger partial charge in [-0.15, -0.1) is 0 Å². The fourth-order valence-corrected chi connectivity index (χ4v) is 4.95. The van der Waals surface area contributed by atoms with Crippen LogP contribution in [0.2, 0.25) is 0 Å². The van der Waals surface area contributed by atoms with E-state index in [-0.39, 0.29) is 22.4 Å². The molecule has 11 heteroatoms. The van der Waals surface area contributed by atoms with Crippen LogP contribution in [-0.2, 0) is 10.0 Å². The molecule has 1 aromatic heterocycles. The number of para-hydroxylation sites is 2. The van der Waals surface area contributed by atoms with E-state index >= 15 is 0 Å². The number of sulfonamides is 1. The van der Waals surface area contributed by atoms with Gasteiger partial charge >= 0.3 is 0 Å². The summed E-state index contributed by atoms with van der Waals surface area (Å²) in [5, 5.41) is 5.86. The van der Waals surface area contributed by atoms with Crippen molar-refractivity contribution in [3.8, 4) is 11.5 Å². The van der Waals surface area contributed by atoms with Crippen LogP contribution in [0.3, 0.4) is 0 Å². The number of anilines is 4. The van der Waals surface area contributed by atoms with E-state index in [1.807, 2.05) is 6.07 Å². The lowest BCUT2D eigenvalue weighted by molar-refractivity contribution is 0.102. The second-order valence-electron chi connectivity index (χ2n) is 8.59. The summed E-state index contributed by atoms with van der Waals surface area (Å²) in [6, 6.07) is 26.8. The van der Waals surface area contributed by atoms with Crippen LogP contribution < -0.4 is 24.8 Å². The molecule has 1 amide bonds. The number of ether oxygens (including phenoxy) is 2. The summed E-state index contributed by atoms with van der Waals surface area (Å²) >= 11 is 0. The highest BCUT2D eigenvalue weighted by atomic mass is 32.2. The molecule has 202 valence electrons. The molecule has 0 fully saturated rings. The maximum absolute atomic E-state index is 13.5. The zero-order valence-corrected chi connectivity index (χ0v) is 22.4. The minimum Gasteiger partial charge on any atom is -0.497 e. The van der Waals surface area contributed by atoms with Crippen molar-refractivity contribution in [2.24, 2.45) is 0 Å². The van der Waals surface area contributed by atoms with Crippen molar-refractivity contribution in [2.45, 2.75) is 4.90 Å². The van der Waals surface area contributed by atoms with Gasteiger partial charge in [0.2, 0.25) is 0 Å². The fourth-order valence-electron chi connectivity index (χ4n) is 3.89.